The molecule has 0 aliphatic carbocycles. The number of amides is 1. The molecule has 0 radical (unpaired) electrons. The smallest absolute Gasteiger partial charge is 0.282 e. The maximum absolute atomic E-state index is 12.3. The first-order chi connectivity index (χ1) is 11.1. The fraction of sp³-hybridized carbons (Fsp3) is 0.188. The lowest BCUT2D eigenvalue weighted by atomic mass is 10.1. The van der Waals surface area contributed by atoms with Crippen LogP contribution in [0.3, 0.4) is 0 Å². The van der Waals surface area contributed by atoms with Crippen molar-refractivity contribution >= 4 is 17.3 Å². The van der Waals surface area contributed by atoms with Crippen molar-refractivity contribution in [3.05, 3.63) is 57.6 Å². The molecule has 1 heterocycles. The molecule has 7 nitrogen and oxygen atoms in total. The molecule has 0 bridgehead atoms. The quantitative estimate of drug-likeness (QED) is 0.695. The molecule has 0 atom stereocenters. The van der Waals surface area contributed by atoms with E-state index in [1.807, 2.05) is 6.92 Å². The van der Waals surface area contributed by atoms with Gasteiger partial charge >= 0.3 is 0 Å². The Kier molecular flexibility index (Phi) is 3.84. The lowest BCUT2D eigenvalue weighted by Crippen LogP contribution is -2.18. The van der Waals surface area contributed by atoms with Crippen molar-refractivity contribution in [2.24, 2.45) is 0 Å². The highest BCUT2D eigenvalue weighted by Gasteiger charge is 2.21. The lowest BCUT2D eigenvalue weighted by molar-refractivity contribution is -0.385. The molecule has 1 aliphatic rings. The first-order valence-electron chi connectivity index (χ1n) is 7.01. The van der Waals surface area contributed by atoms with Gasteiger partial charge in [-0.3, -0.25) is 14.9 Å². The van der Waals surface area contributed by atoms with E-state index in [0.717, 1.165) is 5.56 Å². The van der Waals surface area contributed by atoms with Gasteiger partial charge in [0, 0.05) is 17.8 Å². The summed E-state index contributed by atoms with van der Waals surface area (Å²) in [6.07, 6.45) is 0. The zero-order valence-corrected chi connectivity index (χ0v) is 12.4. The summed E-state index contributed by atoms with van der Waals surface area (Å²) < 4.78 is 11.0. The molecule has 2 aromatic rings. The third-order valence-corrected chi connectivity index (χ3v) is 3.43. The molecule has 0 saturated carbocycles. The van der Waals surface area contributed by atoms with Crippen LogP contribution in [0.25, 0.3) is 0 Å². The minimum atomic E-state index is -0.579. The van der Waals surface area contributed by atoms with E-state index in [-0.39, 0.29) is 11.3 Å². The van der Waals surface area contributed by atoms with Gasteiger partial charge in [0.1, 0.15) is 18.8 Å². The van der Waals surface area contributed by atoms with Gasteiger partial charge in [0.2, 0.25) is 0 Å². The van der Waals surface area contributed by atoms with Crippen molar-refractivity contribution < 1.29 is 19.2 Å². The Morgan fingerprint density at radius 2 is 1.96 bits per heavy atom. The summed E-state index contributed by atoms with van der Waals surface area (Å²) in [5, 5.41) is 13.7. The van der Waals surface area contributed by atoms with Crippen molar-refractivity contribution in [1.29, 1.82) is 0 Å². The van der Waals surface area contributed by atoms with Gasteiger partial charge in [-0.1, -0.05) is 12.1 Å². The predicted octanol–water partition coefficient (Wildman–Crippen LogP) is 2.93. The highest BCUT2D eigenvalue weighted by molar-refractivity contribution is 6.07. The van der Waals surface area contributed by atoms with E-state index in [0.29, 0.717) is 30.4 Å². The number of nitrogens with one attached hydrogen (secondary N) is 1. The molecule has 3 rings (SSSR count). The molecular formula is C16H14N2O5. The van der Waals surface area contributed by atoms with Crippen LogP contribution in [0.15, 0.2) is 36.4 Å². The van der Waals surface area contributed by atoms with Gasteiger partial charge < -0.3 is 14.8 Å². The molecule has 23 heavy (non-hydrogen) atoms. The van der Waals surface area contributed by atoms with Gasteiger partial charge in [0.05, 0.1) is 4.92 Å². The fourth-order valence-corrected chi connectivity index (χ4v) is 2.42. The van der Waals surface area contributed by atoms with E-state index >= 15 is 0 Å². The number of ether oxygens (including phenoxy) is 2. The number of hydrogen-bond donors (Lipinski definition) is 1. The Hall–Kier alpha value is -3.09. The SMILES string of the molecule is Cc1cc(NC(=O)c2ccccc2[N+](=O)[O-])cc2c1OCCO2. The molecule has 1 amide bonds. The van der Waals surface area contributed by atoms with Crippen LogP contribution >= 0.6 is 0 Å². The van der Waals surface area contributed by atoms with Gasteiger partial charge in [-0.05, 0) is 24.6 Å². The van der Waals surface area contributed by atoms with Crippen molar-refractivity contribution in [1.82, 2.24) is 0 Å². The summed E-state index contributed by atoms with van der Waals surface area (Å²) in [5.41, 5.74) is 1.08. The van der Waals surface area contributed by atoms with Crippen molar-refractivity contribution in [3.8, 4) is 11.5 Å². The van der Waals surface area contributed by atoms with Gasteiger partial charge in [0.15, 0.2) is 11.5 Å². The minimum absolute atomic E-state index is 0.00467. The van der Waals surface area contributed by atoms with Crippen LogP contribution in [0.4, 0.5) is 11.4 Å². The second-order valence-electron chi connectivity index (χ2n) is 5.05. The number of nitro groups is 1. The third-order valence-electron chi connectivity index (χ3n) is 3.43. The monoisotopic (exact) mass is 314 g/mol. The largest absolute Gasteiger partial charge is 0.486 e. The average Bonchev–Trinajstić information content (AvgIpc) is 2.55. The third kappa shape index (κ3) is 2.94. The number of nitrogens with zero attached hydrogens (tertiary/aromatic N) is 1. The van der Waals surface area contributed by atoms with Gasteiger partial charge in [-0.25, -0.2) is 0 Å². The van der Waals surface area contributed by atoms with Crippen LogP contribution < -0.4 is 14.8 Å². The van der Waals surface area contributed by atoms with Crippen molar-refractivity contribution in [2.45, 2.75) is 6.92 Å². The number of hydrogen-bond acceptors (Lipinski definition) is 5. The lowest BCUT2D eigenvalue weighted by Gasteiger charge is -2.21. The molecule has 0 unspecified atom stereocenters. The van der Waals surface area contributed by atoms with Crippen LogP contribution in [0.1, 0.15) is 15.9 Å². The number of nitro benzene ring substituents is 1. The van der Waals surface area contributed by atoms with Crippen LogP contribution in [0, 0.1) is 17.0 Å². The molecule has 0 aromatic heterocycles. The predicted molar refractivity (Wildman–Crippen MR) is 83.2 cm³/mol. The number of carbonyl (C=O) groups is 1. The minimum Gasteiger partial charge on any atom is -0.486 e. The van der Waals surface area contributed by atoms with Crippen molar-refractivity contribution in [2.75, 3.05) is 18.5 Å². The number of fused-ring (bicyclic) bond motifs is 1. The Bertz CT molecular complexity index is 788. The van der Waals surface area contributed by atoms with E-state index in [1.165, 1.54) is 18.2 Å². The number of carbonyl (C=O) groups excluding carboxylic acids is 1. The summed E-state index contributed by atoms with van der Waals surface area (Å²) in [6.45, 7) is 2.76. The zero-order chi connectivity index (χ0) is 16.4. The number of benzene rings is 2. The summed E-state index contributed by atoms with van der Waals surface area (Å²) in [7, 11) is 0. The van der Waals surface area contributed by atoms with Crippen LogP contribution in [-0.2, 0) is 0 Å². The summed E-state index contributed by atoms with van der Waals surface area (Å²) >= 11 is 0. The van der Waals surface area contributed by atoms with Crippen LogP contribution in [0.5, 0.6) is 11.5 Å². The second-order valence-corrected chi connectivity index (χ2v) is 5.05. The summed E-state index contributed by atoms with van der Waals surface area (Å²) in [6, 6.07) is 9.19. The molecule has 7 heteroatoms. The average molecular weight is 314 g/mol. The van der Waals surface area contributed by atoms with Crippen molar-refractivity contribution in [3.63, 3.8) is 0 Å². The topological polar surface area (TPSA) is 90.7 Å². The Morgan fingerprint density at radius 1 is 1.22 bits per heavy atom. The maximum Gasteiger partial charge on any atom is 0.282 e. The first-order valence-corrected chi connectivity index (χ1v) is 7.01. The van der Waals surface area contributed by atoms with Gasteiger partial charge in [-0.2, -0.15) is 0 Å². The maximum atomic E-state index is 12.3. The van der Waals surface area contributed by atoms with Gasteiger partial charge in [-0.15, -0.1) is 0 Å². The molecular weight excluding hydrogens is 300 g/mol. The highest BCUT2D eigenvalue weighted by Crippen LogP contribution is 2.36. The number of rotatable bonds is 3. The number of aryl methyl sites for hydroxylation is 1. The zero-order valence-electron chi connectivity index (χ0n) is 12.4. The van der Waals surface area contributed by atoms with E-state index in [4.69, 9.17) is 9.47 Å². The summed E-state index contributed by atoms with van der Waals surface area (Å²) in [5.74, 6) is 0.655. The Morgan fingerprint density at radius 3 is 2.74 bits per heavy atom. The van der Waals surface area contributed by atoms with E-state index in [2.05, 4.69) is 5.32 Å². The summed E-state index contributed by atoms with van der Waals surface area (Å²) in [4.78, 5) is 22.8. The molecule has 1 N–H and O–H groups in total. The highest BCUT2D eigenvalue weighted by atomic mass is 16.6. The number of para-hydroxylation sites is 1. The molecule has 0 saturated heterocycles. The normalized spacial score (nSPS) is 12.6. The van der Waals surface area contributed by atoms with E-state index in [1.54, 1.807) is 18.2 Å². The standard InChI is InChI=1S/C16H14N2O5/c1-10-8-11(9-14-15(10)23-7-6-22-14)17-16(19)12-4-2-3-5-13(12)18(20)21/h2-5,8-9H,6-7H2,1H3,(H,17,19). The molecule has 1 aliphatic heterocycles. The van der Waals surface area contributed by atoms with E-state index in [9.17, 15) is 14.9 Å². The molecule has 0 fully saturated rings. The Balaban J connectivity index is 1.89. The molecule has 118 valence electrons. The van der Waals surface area contributed by atoms with Gasteiger partial charge in [0.25, 0.3) is 11.6 Å². The fourth-order valence-electron chi connectivity index (χ4n) is 2.42. The van der Waals surface area contributed by atoms with Crippen LogP contribution in [0.2, 0.25) is 0 Å². The molecule has 2 aromatic carbocycles. The van der Waals surface area contributed by atoms with E-state index < -0.39 is 10.8 Å². The second kappa shape index (κ2) is 5.96. The van der Waals surface area contributed by atoms with Crippen LogP contribution in [-0.4, -0.2) is 24.0 Å². The number of anilines is 1. The first kappa shape index (κ1) is 14.8. The Labute approximate surface area is 132 Å². The molecule has 0 spiro atoms.